The summed E-state index contributed by atoms with van der Waals surface area (Å²) in [7, 11) is 0. The first-order valence-corrected chi connectivity index (χ1v) is 5.83. The van der Waals surface area contributed by atoms with Crippen LogP contribution >= 0.6 is 0 Å². The van der Waals surface area contributed by atoms with Gasteiger partial charge in [0.1, 0.15) is 5.75 Å². The van der Waals surface area contributed by atoms with E-state index in [1.54, 1.807) is 31.2 Å². The van der Waals surface area contributed by atoms with Gasteiger partial charge < -0.3 is 15.2 Å². The molecular formula is C13H15NO5. The first kappa shape index (κ1) is 14.7. The van der Waals surface area contributed by atoms with E-state index in [1.165, 1.54) is 0 Å². The van der Waals surface area contributed by atoms with Crippen molar-refractivity contribution in [3.8, 4) is 5.75 Å². The van der Waals surface area contributed by atoms with E-state index in [0.29, 0.717) is 11.4 Å². The Kier molecular flexibility index (Phi) is 5.53. The lowest BCUT2D eigenvalue weighted by Gasteiger charge is -2.06. The van der Waals surface area contributed by atoms with Crippen LogP contribution in [0.1, 0.15) is 26.2 Å². The SMILES string of the molecule is CCC(=O)Oc1ccc(NC(=O)CCC(=O)O)cc1. The van der Waals surface area contributed by atoms with Gasteiger partial charge in [-0.25, -0.2) is 0 Å². The predicted molar refractivity (Wildman–Crippen MR) is 67.9 cm³/mol. The maximum absolute atomic E-state index is 11.4. The summed E-state index contributed by atoms with van der Waals surface area (Å²) < 4.78 is 4.97. The lowest BCUT2D eigenvalue weighted by molar-refractivity contribution is -0.138. The Morgan fingerprint density at radius 1 is 1.16 bits per heavy atom. The van der Waals surface area contributed by atoms with Crippen molar-refractivity contribution < 1.29 is 24.2 Å². The number of hydrogen-bond donors (Lipinski definition) is 2. The van der Waals surface area contributed by atoms with E-state index in [0.717, 1.165) is 0 Å². The van der Waals surface area contributed by atoms with E-state index in [9.17, 15) is 14.4 Å². The highest BCUT2D eigenvalue weighted by molar-refractivity contribution is 5.92. The van der Waals surface area contributed by atoms with Crippen LogP contribution in [-0.2, 0) is 14.4 Å². The summed E-state index contributed by atoms with van der Waals surface area (Å²) in [6.07, 6.45) is -0.00634. The molecule has 19 heavy (non-hydrogen) atoms. The van der Waals surface area contributed by atoms with Crippen LogP contribution in [0.15, 0.2) is 24.3 Å². The fourth-order valence-corrected chi connectivity index (χ4v) is 1.25. The Balaban J connectivity index is 2.50. The second-order valence-electron chi connectivity index (χ2n) is 3.79. The molecule has 6 heteroatoms. The second-order valence-corrected chi connectivity index (χ2v) is 3.79. The van der Waals surface area contributed by atoms with Gasteiger partial charge in [-0.2, -0.15) is 0 Å². The first-order valence-electron chi connectivity index (χ1n) is 5.83. The molecule has 0 saturated heterocycles. The highest BCUT2D eigenvalue weighted by atomic mass is 16.5. The van der Waals surface area contributed by atoms with Crippen molar-refractivity contribution in [2.45, 2.75) is 26.2 Å². The maximum atomic E-state index is 11.4. The van der Waals surface area contributed by atoms with Crippen molar-refractivity contribution >= 4 is 23.5 Å². The van der Waals surface area contributed by atoms with Crippen LogP contribution < -0.4 is 10.1 Å². The van der Waals surface area contributed by atoms with Crippen LogP contribution in [0.3, 0.4) is 0 Å². The van der Waals surface area contributed by atoms with Crippen LogP contribution in [-0.4, -0.2) is 23.0 Å². The number of amides is 1. The van der Waals surface area contributed by atoms with Crippen LogP contribution in [0.5, 0.6) is 5.75 Å². The van der Waals surface area contributed by atoms with Gasteiger partial charge in [0.15, 0.2) is 0 Å². The molecule has 102 valence electrons. The number of ether oxygens (including phenoxy) is 1. The molecule has 0 fully saturated rings. The number of carboxylic acids is 1. The van der Waals surface area contributed by atoms with Gasteiger partial charge in [-0.1, -0.05) is 6.92 Å². The van der Waals surface area contributed by atoms with Gasteiger partial charge in [-0.15, -0.1) is 0 Å². The normalized spacial score (nSPS) is 9.74. The number of anilines is 1. The van der Waals surface area contributed by atoms with Crippen LogP contribution in [0.2, 0.25) is 0 Å². The summed E-state index contributed by atoms with van der Waals surface area (Å²) in [6.45, 7) is 1.69. The molecule has 1 amide bonds. The minimum Gasteiger partial charge on any atom is -0.481 e. The number of benzene rings is 1. The van der Waals surface area contributed by atoms with Crippen molar-refractivity contribution in [3.05, 3.63) is 24.3 Å². The summed E-state index contributed by atoms with van der Waals surface area (Å²) in [4.78, 5) is 32.7. The zero-order valence-corrected chi connectivity index (χ0v) is 10.5. The quantitative estimate of drug-likeness (QED) is 0.604. The van der Waals surface area contributed by atoms with Crippen LogP contribution in [0, 0.1) is 0 Å². The molecule has 0 saturated carbocycles. The molecule has 0 aliphatic rings. The van der Waals surface area contributed by atoms with E-state index < -0.39 is 5.97 Å². The predicted octanol–water partition coefficient (Wildman–Crippen LogP) is 1.81. The van der Waals surface area contributed by atoms with Crippen molar-refractivity contribution in [1.82, 2.24) is 0 Å². The van der Waals surface area contributed by atoms with E-state index in [1.807, 2.05) is 0 Å². The second kappa shape index (κ2) is 7.15. The van der Waals surface area contributed by atoms with Crippen molar-refractivity contribution in [2.24, 2.45) is 0 Å². The average molecular weight is 265 g/mol. The van der Waals surface area contributed by atoms with E-state index in [2.05, 4.69) is 5.32 Å². The summed E-state index contributed by atoms with van der Waals surface area (Å²) >= 11 is 0. The van der Waals surface area contributed by atoms with Gasteiger partial charge in [-0.3, -0.25) is 14.4 Å². The third kappa shape index (κ3) is 5.67. The lowest BCUT2D eigenvalue weighted by atomic mass is 10.2. The number of carboxylic acid groups (broad SMARTS) is 1. The summed E-state index contributed by atoms with van der Waals surface area (Å²) in [5.41, 5.74) is 0.520. The van der Waals surface area contributed by atoms with Crippen molar-refractivity contribution in [2.75, 3.05) is 5.32 Å². The molecular weight excluding hydrogens is 250 g/mol. The monoisotopic (exact) mass is 265 g/mol. The molecule has 0 heterocycles. The molecule has 1 aromatic rings. The number of hydrogen-bond acceptors (Lipinski definition) is 4. The third-order valence-electron chi connectivity index (χ3n) is 2.22. The van der Waals surface area contributed by atoms with Crippen LogP contribution in [0.4, 0.5) is 5.69 Å². The van der Waals surface area contributed by atoms with Gasteiger partial charge in [0.25, 0.3) is 0 Å². The molecule has 2 N–H and O–H groups in total. The van der Waals surface area contributed by atoms with Gasteiger partial charge in [-0.05, 0) is 24.3 Å². The minimum absolute atomic E-state index is 0.0814. The number of carbonyl (C=O) groups excluding carboxylic acids is 2. The fourth-order valence-electron chi connectivity index (χ4n) is 1.25. The molecule has 0 aliphatic heterocycles. The Hall–Kier alpha value is -2.37. The zero-order chi connectivity index (χ0) is 14.3. The van der Waals surface area contributed by atoms with Gasteiger partial charge in [0.05, 0.1) is 6.42 Å². The molecule has 0 radical (unpaired) electrons. The third-order valence-corrected chi connectivity index (χ3v) is 2.22. The van der Waals surface area contributed by atoms with Gasteiger partial charge in [0.2, 0.25) is 5.91 Å². The summed E-state index contributed by atoms with van der Waals surface area (Å²) in [5, 5.41) is 11.0. The first-order chi connectivity index (χ1) is 9.01. The van der Waals surface area contributed by atoms with Gasteiger partial charge in [0, 0.05) is 18.5 Å². The van der Waals surface area contributed by atoms with Crippen LogP contribution in [0.25, 0.3) is 0 Å². The fraction of sp³-hybridized carbons (Fsp3) is 0.308. The largest absolute Gasteiger partial charge is 0.481 e. The molecule has 6 nitrogen and oxygen atoms in total. The Labute approximate surface area is 110 Å². The Bertz CT molecular complexity index is 466. The number of aliphatic carboxylic acids is 1. The maximum Gasteiger partial charge on any atom is 0.310 e. The lowest BCUT2D eigenvalue weighted by Crippen LogP contribution is -2.13. The van der Waals surface area contributed by atoms with E-state index in [4.69, 9.17) is 9.84 Å². The van der Waals surface area contributed by atoms with Gasteiger partial charge >= 0.3 is 11.9 Å². The summed E-state index contributed by atoms with van der Waals surface area (Å²) in [5.74, 6) is -1.33. The number of rotatable bonds is 6. The van der Waals surface area contributed by atoms with E-state index >= 15 is 0 Å². The molecule has 0 aliphatic carbocycles. The van der Waals surface area contributed by atoms with Crippen molar-refractivity contribution in [1.29, 1.82) is 0 Å². The molecule has 0 bridgehead atoms. The smallest absolute Gasteiger partial charge is 0.310 e. The highest BCUT2D eigenvalue weighted by Crippen LogP contribution is 2.16. The van der Waals surface area contributed by atoms with Crippen molar-refractivity contribution in [3.63, 3.8) is 0 Å². The number of esters is 1. The Morgan fingerprint density at radius 2 is 1.79 bits per heavy atom. The van der Waals surface area contributed by atoms with E-state index in [-0.39, 0.29) is 31.1 Å². The average Bonchev–Trinajstić information content (AvgIpc) is 2.38. The molecule has 1 rings (SSSR count). The molecule has 1 aromatic carbocycles. The zero-order valence-electron chi connectivity index (χ0n) is 10.5. The molecule has 0 aromatic heterocycles. The topological polar surface area (TPSA) is 92.7 Å². The molecule has 0 atom stereocenters. The molecule has 0 unspecified atom stereocenters. The number of nitrogens with one attached hydrogen (secondary N) is 1. The Morgan fingerprint density at radius 3 is 2.32 bits per heavy atom. The summed E-state index contributed by atoms with van der Waals surface area (Å²) in [6, 6.07) is 6.27. The minimum atomic E-state index is -1.02. The molecule has 0 spiro atoms. The highest BCUT2D eigenvalue weighted by Gasteiger charge is 2.06. The standard InChI is InChI=1S/C13H15NO5/c1-2-13(18)19-10-5-3-9(4-6-10)14-11(15)7-8-12(16)17/h3-6H,2,7-8H2,1H3,(H,14,15)(H,16,17). The number of carbonyl (C=O) groups is 3.